The van der Waals surface area contributed by atoms with Crippen molar-refractivity contribution in [3.8, 4) is 0 Å². The minimum absolute atomic E-state index is 0.134. The van der Waals surface area contributed by atoms with Gasteiger partial charge in [0.15, 0.2) is 0 Å². The van der Waals surface area contributed by atoms with Gasteiger partial charge in [-0.3, -0.25) is 9.59 Å². The van der Waals surface area contributed by atoms with Gasteiger partial charge in [0.1, 0.15) is 5.92 Å². The van der Waals surface area contributed by atoms with E-state index in [1.165, 1.54) is 6.42 Å². The van der Waals surface area contributed by atoms with Crippen molar-refractivity contribution in [1.82, 2.24) is 10.6 Å². The van der Waals surface area contributed by atoms with Crippen LogP contribution in [-0.4, -0.2) is 68.2 Å². The molecule has 0 aromatic carbocycles. The number of amides is 2. The Morgan fingerprint density at radius 1 is 0.562 bits per heavy atom. The summed E-state index contributed by atoms with van der Waals surface area (Å²) in [6.45, 7) is 2.12. The molecule has 0 spiro atoms. The molecule has 12 nitrogen and oxygen atoms in total. The summed E-state index contributed by atoms with van der Waals surface area (Å²) in [5.41, 5.74) is 0. The van der Waals surface area contributed by atoms with Crippen LogP contribution in [0.5, 0.6) is 0 Å². The van der Waals surface area contributed by atoms with E-state index in [0.717, 1.165) is 38.5 Å². The molecule has 0 heterocycles. The van der Waals surface area contributed by atoms with E-state index in [0.29, 0.717) is 12.8 Å². The second-order valence-electron chi connectivity index (χ2n) is 7.41. The predicted molar refractivity (Wildman–Crippen MR) is 110 cm³/mol. The largest absolute Gasteiger partial charge is 0.479 e. The van der Waals surface area contributed by atoms with Crippen LogP contribution in [0.3, 0.4) is 0 Å². The van der Waals surface area contributed by atoms with E-state index >= 15 is 0 Å². The van der Waals surface area contributed by atoms with Crippen molar-refractivity contribution in [2.75, 3.05) is 0 Å². The van der Waals surface area contributed by atoms with Gasteiger partial charge in [0, 0.05) is 0 Å². The highest BCUT2D eigenvalue weighted by Crippen LogP contribution is 2.15. The Balaban J connectivity index is 5.03. The van der Waals surface area contributed by atoms with Crippen molar-refractivity contribution in [3.63, 3.8) is 0 Å². The molecule has 0 radical (unpaired) electrons. The molecule has 0 bridgehead atoms. The highest BCUT2D eigenvalue weighted by Gasteiger charge is 2.36. The monoisotopic (exact) mass is 460 g/mol. The number of carboxylic acids is 4. The van der Waals surface area contributed by atoms with Crippen molar-refractivity contribution in [1.29, 1.82) is 0 Å². The average molecular weight is 460 g/mol. The second kappa shape index (κ2) is 15.6. The molecule has 0 atom stereocenters. The fourth-order valence-electron chi connectivity index (χ4n) is 2.98. The standard InChI is InChI=1S/C20H32N2O10/c1-2-3-4-5-6-7-8-9-10-11-12(15(23)21-13(17(25)26)18(27)28)16(24)22-14(19(29)30)20(31)32/h12-14H,2-11H2,1H3,(H,21,23)(H,22,24)(H,25,26)(H,27,28)(H,29,30)(H,31,32). The lowest BCUT2D eigenvalue weighted by Gasteiger charge is -2.19. The van der Waals surface area contributed by atoms with Crippen LogP contribution in [0.15, 0.2) is 0 Å². The molecule has 0 saturated carbocycles. The fraction of sp³-hybridized carbons (Fsp3) is 0.700. The molecular weight excluding hydrogens is 428 g/mol. The van der Waals surface area contributed by atoms with Gasteiger partial charge >= 0.3 is 23.9 Å². The molecule has 0 fully saturated rings. The van der Waals surface area contributed by atoms with Crippen molar-refractivity contribution in [2.45, 2.75) is 83.2 Å². The predicted octanol–water partition coefficient (Wildman–Crippen LogP) is 0.832. The Morgan fingerprint density at radius 3 is 1.19 bits per heavy atom. The summed E-state index contributed by atoms with van der Waals surface area (Å²) in [6, 6.07) is -4.62. The van der Waals surface area contributed by atoms with Gasteiger partial charge in [-0.25, -0.2) is 19.2 Å². The highest BCUT2D eigenvalue weighted by molar-refractivity contribution is 6.08. The van der Waals surface area contributed by atoms with E-state index in [1.807, 2.05) is 0 Å². The Labute approximate surface area is 185 Å². The summed E-state index contributed by atoms with van der Waals surface area (Å²) < 4.78 is 0. The molecule has 2 amide bonds. The SMILES string of the molecule is CCCCCCCCCCCC(C(=O)NC(C(=O)O)C(=O)O)C(=O)NC(C(=O)O)C(=O)O. The zero-order valence-electron chi connectivity index (χ0n) is 18.0. The number of rotatable bonds is 18. The van der Waals surface area contributed by atoms with Crippen molar-refractivity contribution in [2.24, 2.45) is 5.92 Å². The number of aliphatic carboxylic acids is 4. The van der Waals surface area contributed by atoms with E-state index in [9.17, 15) is 28.8 Å². The van der Waals surface area contributed by atoms with Crippen LogP contribution in [0.1, 0.15) is 71.1 Å². The third-order valence-corrected chi connectivity index (χ3v) is 4.79. The molecule has 0 rings (SSSR count). The highest BCUT2D eigenvalue weighted by atomic mass is 16.4. The van der Waals surface area contributed by atoms with E-state index in [1.54, 1.807) is 10.6 Å². The fourth-order valence-corrected chi connectivity index (χ4v) is 2.98. The van der Waals surface area contributed by atoms with Gasteiger partial charge in [-0.1, -0.05) is 64.7 Å². The first kappa shape index (κ1) is 28.8. The van der Waals surface area contributed by atoms with Crippen LogP contribution in [0.2, 0.25) is 0 Å². The zero-order valence-corrected chi connectivity index (χ0v) is 18.0. The topological polar surface area (TPSA) is 207 Å². The maximum atomic E-state index is 12.4. The molecule has 0 aromatic rings. The van der Waals surface area contributed by atoms with Crippen molar-refractivity contribution in [3.05, 3.63) is 0 Å². The lowest BCUT2D eigenvalue weighted by molar-refractivity contribution is -0.155. The minimum Gasteiger partial charge on any atom is -0.479 e. The maximum Gasteiger partial charge on any atom is 0.338 e. The van der Waals surface area contributed by atoms with Crippen LogP contribution in [-0.2, 0) is 28.8 Å². The van der Waals surface area contributed by atoms with Crippen molar-refractivity contribution < 1.29 is 49.2 Å². The number of nitrogens with one attached hydrogen (secondary N) is 2. The molecule has 0 unspecified atom stereocenters. The third kappa shape index (κ3) is 11.3. The smallest absolute Gasteiger partial charge is 0.338 e. The summed E-state index contributed by atoms with van der Waals surface area (Å²) in [4.78, 5) is 68.8. The summed E-state index contributed by atoms with van der Waals surface area (Å²) in [5, 5.41) is 39.0. The van der Waals surface area contributed by atoms with Gasteiger partial charge in [0.25, 0.3) is 0 Å². The first-order chi connectivity index (χ1) is 15.0. The summed E-state index contributed by atoms with van der Waals surface area (Å²) in [6.07, 6.45) is 8.24. The lowest BCUT2D eigenvalue weighted by atomic mass is 9.97. The van der Waals surface area contributed by atoms with E-state index < -0.39 is 53.7 Å². The second-order valence-corrected chi connectivity index (χ2v) is 7.41. The lowest BCUT2D eigenvalue weighted by Crippen LogP contribution is -2.54. The Bertz CT molecular complexity index is 605. The molecule has 0 aliphatic carbocycles. The third-order valence-electron chi connectivity index (χ3n) is 4.79. The number of carboxylic acid groups (broad SMARTS) is 4. The van der Waals surface area contributed by atoms with E-state index in [2.05, 4.69) is 6.92 Å². The molecule has 0 aromatic heterocycles. The van der Waals surface area contributed by atoms with Crippen LogP contribution in [0.4, 0.5) is 0 Å². The number of unbranched alkanes of at least 4 members (excludes halogenated alkanes) is 8. The van der Waals surface area contributed by atoms with E-state index in [4.69, 9.17) is 20.4 Å². The molecule has 6 N–H and O–H groups in total. The average Bonchev–Trinajstić information content (AvgIpc) is 2.70. The van der Waals surface area contributed by atoms with Gasteiger partial charge in [0.2, 0.25) is 23.9 Å². The Kier molecular flexibility index (Phi) is 14.0. The van der Waals surface area contributed by atoms with Crippen LogP contribution >= 0.6 is 0 Å². The quantitative estimate of drug-likeness (QED) is 0.125. The van der Waals surface area contributed by atoms with Gasteiger partial charge in [-0.2, -0.15) is 0 Å². The summed E-state index contributed by atoms with van der Waals surface area (Å²) >= 11 is 0. The first-order valence-corrected chi connectivity index (χ1v) is 10.5. The van der Waals surface area contributed by atoms with Gasteiger partial charge < -0.3 is 31.1 Å². The summed E-state index contributed by atoms with van der Waals surface area (Å²) in [7, 11) is 0. The van der Waals surface area contributed by atoms with Gasteiger partial charge in [-0.15, -0.1) is 0 Å². The van der Waals surface area contributed by atoms with Gasteiger partial charge in [-0.05, 0) is 6.42 Å². The van der Waals surface area contributed by atoms with Crippen LogP contribution in [0.25, 0.3) is 0 Å². The molecule has 0 saturated heterocycles. The van der Waals surface area contributed by atoms with E-state index in [-0.39, 0.29) is 6.42 Å². The Morgan fingerprint density at radius 2 is 0.875 bits per heavy atom. The van der Waals surface area contributed by atoms with Crippen LogP contribution in [0, 0.1) is 5.92 Å². The number of carbonyl (C=O) groups excluding carboxylic acids is 2. The molecule has 32 heavy (non-hydrogen) atoms. The van der Waals surface area contributed by atoms with Gasteiger partial charge in [0.05, 0.1) is 0 Å². The normalized spacial score (nSPS) is 10.9. The molecule has 0 aliphatic heterocycles. The maximum absolute atomic E-state index is 12.4. The first-order valence-electron chi connectivity index (χ1n) is 10.5. The number of carbonyl (C=O) groups is 6. The molecule has 12 heteroatoms. The number of hydrogen-bond donors (Lipinski definition) is 6. The number of hydrogen-bond acceptors (Lipinski definition) is 6. The summed E-state index contributed by atoms with van der Waals surface area (Å²) in [5.74, 6) is -11.6. The molecule has 182 valence electrons. The Hall–Kier alpha value is -3.18. The van der Waals surface area contributed by atoms with Crippen LogP contribution < -0.4 is 10.6 Å². The zero-order chi connectivity index (χ0) is 24.7. The molecular formula is C20H32N2O10. The van der Waals surface area contributed by atoms with Crippen molar-refractivity contribution >= 4 is 35.7 Å². The molecule has 0 aliphatic rings. The minimum atomic E-state index is -2.31.